The van der Waals surface area contributed by atoms with Crippen LogP contribution < -0.4 is 10.0 Å². The third-order valence-corrected chi connectivity index (χ3v) is 6.19. The number of hydrogen-bond acceptors (Lipinski definition) is 4. The highest BCUT2D eigenvalue weighted by atomic mass is 32.2. The molecular weight excluding hydrogens is 419 g/mol. The lowest BCUT2D eigenvalue weighted by Gasteiger charge is -2.13. The van der Waals surface area contributed by atoms with Crippen molar-refractivity contribution in [3.63, 3.8) is 0 Å². The second-order valence-electron chi connectivity index (χ2n) is 6.93. The molecular formula is C20H16F3N3O3S. The van der Waals surface area contributed by atoms with Gasteiger partial charge < -0.3 is 5.32 Å². The molecule has 1 aromatic heterocycles. The molecule has 6 nitrogen and oxygen atoms in total. The third-order valence-electron chi connectivity index (χ3n) is 4.65. The predicted octanol–water partition coefficient (Wildman–Crippen LogP) is 3.95. The van der Waals surface area contributed by atoms with Gasteiger partial charge in [0.15, 0.2) is 0 Å². The SMILES string of the molecule is O=C(Nc1ccnc2c(C(F)(F)F)cccc12)c1ccc(S(=O)(=O)NC2CC2)cc1. The minimum Gasteiger partial charge on any atom is -0.321 e. The van der Waals surface area contributed by atoms with Gasteiger partial charge in [-0.2, -0.15) is 13.2 Å². The van der Waals surface area contributed by atoms with Crippen LogP contribution in [0, 0.1) is 0 Å². The zero-order chi connectivity index (χ0) is 21.5. The van der Waals surface area contributed by atoms with Crippen molar-refractivity contribution in [1.82, 2.24) is 9.71 Å². The maximum atomic E-state index is 13.2. The van der Waals surface area contributed by atoms with Crippen molar-refractivity contribution in [3.8, 4) is 0 Å². The lowest BCUT2D eigenvalue weighted by Crippen LogP contribution is -2.25. The highest BCUT2D eigenvalue weighted by Gasteiger charge is 2.33. The fraction of sp³-hybridized carbons (Fsp3) is 0.200. The molecule has 4 rings (SSSR count). The zero-order valence-electron chi connectivity index (χ0n) is 15.4. The summed E-state index contributed by atoms with van der Waals surface area (Å²) in [5.41, 5.74) is -0.829. The average Bonchev–Trinajstić information content (AvgIpc) is 3.50. The fourth-order valence-corrected chi connectivity index (χ4v) is 4.29. The van der Waals surface area contributed by atoms with Crippen LogP contribution in [-0.2, 0) is 16.2 Å². The van der Waals surface area contributed by atoms with Crippen LogP contribution >= 0.6 is 0 Å². The highest BCUT2D eigenvalue weighted by molar-refractivity contribution is 7.89. The van der Waals surface area contributed by atoms with Crippen molar-refractivity contribution in [2.75, 3.05) is 5.32 Å². The van der Waals surface area contributed by atoms with E-state index in [1.54, 1.807) is 0 Å². The van der Waals surface area contributed by atoms with Gasteiger partial charge in [0.05, 0.1) is 21.7 Å². The second kappa shape index (κ2) is 7.37. The molecule has 0 unspecified atom stereocenters. The first-order chi connectivity index (χ1) is 14.1. The number of alkyl halides is 3. The number of para-hydroxylation sites is 1. The van der Waals surface area contributed by atoms with Crippen LogP contribution in [0.15, 0.2) is 59.6 Å². The van der Waals surface area contributed by atoms with Crippen molar-refractivity contribution in [1.29, 1.82) is 0 Å². The van der Waals surface area contributed by atoms with E-state index in [0.717, 1.165) is 18.9 Å². The summed E-state index contributed by atoms with van der Waals surface area (Å²) in [6, 6.07) is 10.3. The number of hydrogen-bond donors (Lipinski definition) is 2. The maximum Gasteiger partial charge on any atom is 0.418 e. The van der Waals surface area contributed by atoms with Crippen LogP contribution in [0.1, 0.15) is 28.8 Å². The molecule has 1 amide bonds. The number of aromatic nitrogens is 1. The van der Waals surface area contributed by atoms with Crippen LogP contribution in [0.3, 0.4) is 0 Å². The monoisotopic (exact) mass is 435 g/mol. The van der Waals surface area contributed by atoms with E-state index in [1.165, 1.54) is 48.7 Å². The summed E-state index contributed by atoms with van der Waals surface area (Å²) in [6.45, 7) is 0. The normalized spacial score (nSPS) is 14.6. The fourth-order valence-electron chi connectivity index (χ4n) is 2.98. The van der Waals surface area contributed by atoms with Gasteiger partial charge in [0, 0.05) is 23.2 Å². The van der Waals surface area contributed by atoms with Gasteiger partial charge in [-0.3, -0.25) is 9.78 Å². The van der Waals surface area contributed by atoms with Gasteiger partial charge in [0.2, 0.25) is 10.0 Å². The van der Waals surface area contributed by atoms with E-state index >= 15 is 0 Å². The van der Waals surface area contributed by atoms with Gasteiger partial charge in [0.1, 0.15) is 0 Å². The standard InChI is InChI=1S/C20H16F3N3O3S/c21-20(22,23)16-3-1-2-15-17(10-11-24-18(15)16)25-19(27)12-4-8-14(9-5-12)30(28,29)26-13-6-7-13/h1-5,8-11,13,26H,6-7H2,(H,24,25,27). The van der Waals surface area contributed by atoms with Crippen molar-refractivity contribution in [3.05, 3.63) is 65.9 Å². The molecule has 156 valence electrons. The van der Waals surface area contributed by atoms with Crippen LogP contribution in [0.25, 0.3) is 10.9 Å². The first-order valence-electron chi connectivity index (χ1n) is 9.04. The van der Waals surface area contributed by atoms with E-state index in [-0.39, 0.29) is 33.1 Å². The molecule has 0 aliphatic heterocycles. The molecule has 0 saturated heterocycles. The van der Waals surface area contributed by atoms with E-state index < -0.39 is 27.7 Å². The molecule has 10 heteroatoms. The van der Waals surface area contributed by atoms with E-state index in [4.69, 9.17) is 0 Å². The molecule has 1 saturated carbocycles. The van der Waals surface area contributed by atoms with Crippen LogP contribution in [0.5, 0.6) is 0 Å². The average molecular weight is 435 g/mol. The Balaban J connectivity index is 1.59. The van der Waals surface area contributed by atoms with E-state index in [9.17, 15) is 26.4 Å². The minimum atomic E-state index is -4.58. The topological polar surface area (TPSA) is 88.2 Å². The molecule has 3 aromatic rings. The van der Waals surface area contributed by atoms with Gasteiger partial charge in [-0.05, 0) is 49.2 Å². The highest BCUT2D eigenvalue weighted by Crippen LogP contribution is 2.35. The Bertz CT molecular complexity index is 1220. The largest absolute Gasteiger partial charge is 0.418 e. The summed E-state index contributed by atoms with van der Waals surface area (Å²) in [6.07, 6.45) is -1.79. The van der Waals surface area contributed by atoms with Crippen LogP contribution in [0.2, 0.25) is 0 Å². The molecule has 1 aliphatic carbocycles. The van der Waals surface area contributed by atoms with Gasteiger partial charge in [-0.15, -0.1) is 0 Å². The number of halogens is 3. The van der Waals surface area contributed by atoms with Gasteiger partial charge >= 0.3 is 6.18 Å². The second-order valence-corrected chi connectivity index (χ2v) is 8.65. The summed E-state index contributed by atoms with van der Waals surface area (Å²) in [4.78, 5) is 16.4. The van der Waals surface area contributed by atoms with Crippen molar-refractivity contribution in [2.24, 2.45) is 0 Å². The minimum absolute atomic E-state index is 0.0372. The Morgan fingerprint density at radius 2 is 1.73 bits per heavy atom. The molecule has 2 N–H and O–H groups in total. The number of carbonyl (C=O) groups is 1. The number of nitrogens with zero attached hydrogens (tertiary/aromatic N) is 1. The Kier molecular flexibility index (Phi) is 4.99. The third kappa shape index (κ3) is 4.14. The molecule has 0 bridgehead atoms. The molecule has 0 atom stereocenters. The summed E-state index contributed by atoms with van der Waals surface area (Å²) in [7, 11) is -3.64. The zero-order valence-corrected chi connectivity index (χ0v) is 16.2. The van der Waals surface area contributed by atoms with Gasteiger partial charge in [-0.1, -0.05) is 12.1 Å². The smallest absolute Gasteiger partial charge is 0.321 e. The molecule has 0 radical (unpaired) electrons. The molecule has 1 fully saturated rings. The molecule has 2 aromatic carbocycles. The maximum absolute atomic E-state index is 13.2. The predicted molar refractivity (Wildman–Crippen MR) is 104 cm³/mol. The van der Waals surface area contributed by atoms with Crippen molar-refractivity contribution < 1.29 is 26.4 Å². The Labute approximate surface area is 170 Å². The number of nitrogens with one attached hydrogen (secondary N) is 2. The molecule has 0 spiro atoms. The van der Waals surface area contributed by atoms with E-state index in [0.29, 0.717) is 0 Å². The summed E-state index contributed by atoms with van der Waals surface area (Å²) in [5, 5.41) is 2.72. The van der Waals surface area contributed by atoms with Crippen LogP contribution in [0.4, 0.5) is 18.9 Å². The first kappa shape index (κ1) is 20.3. The molecule has 30 heavy (non-hydrogen) atoms. The number of pyridine rings is 1. The van der Waals surface area contributed by atoms with Crippen molar-refractivity contribution in [2.45, 2.75) is 30.0 Å². The lowest BCUT2D eigenvalue weighted by molar-refractivity contribution is -0.136. The Morgan fingerprint density at radius 3 is 2.37 bits per heavy atom. The number of fused-ring (bicyclic) bond motifs is 1. The van der Waals surface area contributed by atoms with Gasteiger partial charge in [-0.25, -0.2) is 13.1 Å². The Morgan fingerprint density at radius 1 is 1.03 bits per heavy atom. The van der Waals surface area contributed by atoms with Gasteiger partial charge in [0.25, 0.3) is 5.91 Å². The number of sulfonamides is 1. The molecule has 1 aliphatic rings. The number of amides is 1. The number of benzene rings is 2. The lowest BCUT2D eigenvalue weighted by atomic mass is 10.1. The quantitative estimate of drug-likeness (QED) is 0.635. The van der Waals surface area contributed by atoms with Crippen LogP contribution in [-0.4, -0.2) is 25.4 Å². The molecule has 1 heterocycles. The van der Waals surface area contributed by atoms with E-state index in [1.807, 2.05) is 0 Å². The summed E-state index contributed by atoms with van der Waals surface area (Å²) >= 11 is 0. The number of carbonyl (C=O) groups excluding carboxylic acids is 1. The number of rotatable bonds is 5. The Hall–Kier alpha value is -2.98. The van der Waals surface area contributed by atoms with Crippen molar-refractivity contribution >= 4 is 32.5 Å². The first-order valence-corrected chi connectivity index (χ1v) is 10.5. The summed E-state index contributed by atoms with van der Waals surface area (Å²) < 4.78 is 66.6. The number of anilines is 1. The van der Waals surface area contributed by atoms with E-state index in [2.05, 4.69) is 15.0 Å². The summed E-state index contributed by atoms with van der Waals surface area (Å²) in [5.74, 6) is -0.584.